The van der Waals surface area contributed by atoms with Gasteiger partial charge < -0.3 is 15.4 Å². The molecule has 1 saturated carbocycles. The second kappa shape index (κ2) is 3.71. The van der Waals surface area contributed by atoms with E-state index in [4.69, 9.17) is 10.3 Å². The van der Waals surface area contributed by atoms with E-state index in [9.17, 15) is 5.11 Å². The Kier molecular flexibility index (Phi) is 2.56. The quantitative estimate of drug-likeness (QED) is 0.734. The summed E-state index contributed by atoms with van der Waals surface area (Å²) in [4.78, 5) is 0. The number of rotatable bonds is 2. The Morgan fingerprint density at radius 2 is 2.29 bits per heavy atom. The minimum absolute atomic E-state index is 0.0633. The molecule has 78 valence electrons. The lowest BCUT2D eigenvalue weighted by Gasteiger charge is -2.36. The van der Waals surface area contributed by atoms with Crippen LogP contribution in [0.1, 0.15) is 31.4 Å². The highest BCUT2D eigenvalue weighted by molar-refractivity contribution is 5.16. The molecule has 1 aliphatic rings. The second-order valence-electron chi connectivity index (χ2n) is 4.10. The van der Waals surface area contributed by atoms with E-state index >= 15 is 0 Å². The van der Waals surface area contributed by atoms with Crippen LogP contribution < -0.4 is 5.73 Å². The largest absolute Gasteiger partial charge is 0.393 e. The summed E-state index contributed by atoms with van der Waals surface area (Å²) in [5, 5.41) is 13.4. The first-order valence-corrected chi connectivity index (χ1v) is 5.06. The maximum atomic E-state index is 9.45. The van der Waals surface area contributed by atoms with Crippen molar-refractivity contribution in [1.29, 1.82) is 0 Å². The maximum Gasteiger partial charge on any atom is 0.124 e. The Balaban J connectivity index is 2.19. The van der Waals surface area contributed by atoms with Crippen molar-refractivity contribution in [3.05, 3.63) is 18.0 Å². The number of hydrogen-bond donors (Lipinski definition) is 2. The molecule has 0 aromatic carbocycles. The zero-order valence-corrected chi connectivity index (χ0v) is 8.15. The van der Waals surface area contributed by atoms with Crippen LogP contribution in [-0.2, 0) is 5.41 Å². The van der Waals surface area contributed by atoms with Crippen molar-refractivity contribution in [3.8, 4) is 0 Å². The molecule has 1 fully saturated rings. The fraction of sp³-hybridized carbons (Fsp3) is 0.700. The standard InChI is InChI=1S/C10H16N2O2/c11-7-10(9-3-6-14-12-9)4-1-8(13)2-5-10/h3,6,8,13H,1-2,4-5,7,11H2. The van der Waals surface area contributed by atoms with E-state index in [1.807, 2.05) is 6.07 Å². The molecule has 1 aromatic heterocycles. The molecule has 2 rings (SSSR count). The zero-order chi connectivity index (χ0) is 10.0. The molecule has 0 spiro atoms. The fourth-order valence-electron chi connectivity index (χ4n) is 2.21. The van der Waals surface area contributed by atoms with Crippen LogP contribution in [-0.4, -0.2) is 22.9 Å². The lowest BCUT2D eigenvalue weighted by molar-refractivity contribution is 0.0950. The van der Waals surface area contributed by atoms with Crippen LogP contribution in [0.15, 0.2) is 16.9 Å². The summed E-state index contributed by atoms with van der Waals surface area (Å²) in [6.45, 7) is 0.576. The maximum absolute atomic E-state index is 9.45. The van der Waals surface area contributed by atoms with E-state index in [2.05, 4.69) is 5.16 Å². The molecule has 1 aromatic rings. The van der Waals surface area contributed by atoms with Crippen molar-refractivity contribution in [1.82, 2.24) is 5.16 Å². The Morgan fingerprint density at radius 3 is 2.79 bits per heavy atom. The summed E-state index contributed by atoms with van der Waals surface area (Å²) in [6.07, 6.45) is 4.84. The summed E-state index contributed by atoms with van der Waals surface area (Å²) in [5.41, 5.74) is 6.69. The molecular weight excluding hydrogens is 180 g/mol. The van der Waals surface area contributed by atoms with Crippen LogP contribution in [0.3, 0.4) is 0 Å². The molecule has 4 nitrogen and oxygen atoms in total. The van der Waals surface area contributed by atoms with Gasteiger partial charge in [-0.25, -0.2) is 0 Å². The Labute approximate surface area is 83.1 Å². The highest BCUT2D eigenvalue weighted by Crippen LogP contribution is 2.37. The summed E-state index contributed by atoms with van der Waals surface area (Å²) in [6, 6.07) is 1.88. The van der Waals surface area contributed by atoms with E-state index in [0.29, 0.717) is 6.54 Å². The number of aliphatic hydroxyl groups is 1. The molecule has 4 heteroatoms. The van der Waals surface area contributed by atoms with Crippen molar-refractivity contribution < 1.29 is 9.63 Å². The Hall–Kier alpha value is -0.870. The van der Waals surface area contributed by atoms with E-state index in [1.165, 1.54) is 0 Å². The SMILES string of the molecule is NCC1(c2ccon2)CCC(O)CC1. The van der Waals surface area contributed by atoms with Gasteiger partial charge in [-0.1, -0.05) is 5.16 Å². The van der Waals surface area contributed by atoms with E-state index < -0.39 is 0 Å². The minimum atomic E-state index is -0.165. The number of nitrogens with zero attached hydrogens (tertiary/aromatic N) is 1. The van der Waals surface area contributed by atoms with Crippen LogP contribution in [0.5, 0.6) is 0 Å². The molecular formula is C10H16N2O2. The zero-order valence-electron chi connectivity index (χ0n) is 8.15. The van der Waals surface area contributed by atoms with E-state index in [1.54, 1.807) is 6.26 Å². The Morgan fingerprint density at radius 1 is 1.57 bits per heavy atom. The smallest absolute Gasteiger partial charge is 0.124 e. The van der Waals surface area contributed by atoms with Gasteiger partial charge in [-0.3, -0.25) is 0 Å². The van der Waals surface area contributed by atoms with Crippen molar-refractivity contribution in [2.45, 2.75) is 37.2 Å². The highest BCUT2D eigenvalue weighted by Gasteiger charge is 2.37. The van der Waals surface area contributed by atoms with Gasteiger partial charge in [-0.2, -0.15) is 0 Å². The lowest BCUT2D eigenvalue weighted by Crippen LogP contribution is -2.40. The normalized spacial score (nSPS) is 33.1. The first-order valence-electron chi connectivity index (χ1n) is 5.06. The average molecular weight is 196 g/mol. The molecule has 0 aliphatic heterocycles. The van der Waals surface area contributed by atoms with Gasteiger partial charge in [0.05, 0.1) is 11.8 Å². The predicted octanol–water partition coefficient (Wildman–Crippen LogP) is 0.806. The van der Waals surface area contributed by atoms with Crippen molar-refractivity contribution >= 4 is 0 Å². The number of aromatic nitrogens is 1. The summed E-state index contributed by atoms with van der Waals surface area (Å²) >= 11 is 0. The third kappa shape index (κ3) is 1.55. The molecule has 14 heavy (non-hydrogen) atoms. The third-order valence-corrected chi connectivity index (χ3v) is 3.28. The van der Waals surface area contributed by atoms with Gasteiger partial charge in [-0.05, 0) is 25.7 Å². The number of nitrogens with two attached hydrogens (primary N) is 1. The molecule has 0 radical (unpaired) electrons. The lowest BCUT2D eigenvalue weighted by atomic mass is 9.71. The molecule has 0 amide bonds. The molecule has 0 atom stereocenters. The third-order valence-electron chi connectivity index (χ3n) is 3.28. The van der Waals surface area contributed by atoms with Crippen LogP contribution in [0.2, 0.25) is 0 Å². The van der Waals surface area contributed by atoms with Crippen molar-refractivity contribution in [2.24, 2.45) is 5.73 Å². The summed E-state index contributed by atoms with van der Waals surface area (Å²) in [7, 11) is 0. The van der Waals surface area contributed by atoms with Gasteiger partial charge in [0.1, 0.15) is 6.26 Å². The molecule has 1 heterocycles. The van der Waals surface area contributed by atoms with Crippen molar-refractivity contribution in [3.63, 3.8) is 0 Å². The van der Waals surface area contributed by atoms with Crippen LogP contribution in [0, 0.1) is 0 Å². The van der Waals surface area contributed by atoms with Gasteiger partial charge in [0.2, 0.25) is 0 Å². The number of aliphatic hydroxyl groups excluding tert-OH is 1. The molecule has 0 unspecified atom stereocenters. The monoisotopic (exact) mass is 196 g/mol. The van der Waals surface area contributed by atoms with Gasteiger partial charge >= 0.3 is 0 Å². The summed E-state index contributed by atoms with van der Waals surface area (Å²) < 4.78 is 4.85. The molecule has 1 aliphatic carbocycles. The van der Waals surface area contributed by atoms with Gasteiger partial charge in [-0.15, -0.1) is 0 Å². The van der Waals surface area contributed by atoms with Crippen LogP contribution in [0.25, 0.3) is 0 Å². The van der Waals surface area contributed by atoms with E-state index in [-0.39, 0.29) is 11.5 Å². The molecule has 0 saturated heterocycles. The number of hydrogen-bond acceptors (Lipinski definition) is 4. The Bertz CT molecular complexity index is 276. The van der Waals surface area contributed by atoms with E-state index in [0.717, 1.165) is 31.4 Å². The minimum Gasteiger partial charge on any atom is -0.393 e. The first kappa shape index (κ1) is 9.68. The van der Waals surface area contributed by atoms with Crippen molar-refractivity contribution in [2.75, 3.05) is 6.54 Å². The molecule has 3 N–H and O–H groups in total. The highest BCUT2D eigenvalue weighted by atomic mass is 16.5. The second-order valence-corrected chi connectivity index (χ2v) is 4.10. The average Bonchev–Trinajstić information content (AvgIpc) is 2.73. The fourth-order valence-corrected chi connectivity index (χ4v) is 2.21. The summed E-state index contributed by atoms with van der Waals surface area (Å²) in [5.74, 6) is 0. The molecule has 0 bridgehead atoms. The van der Waals surface area contributed by atoms with Gasteiger partial charge in [0.15, 0.2) is 0 Å². The van der Waals surface area contributed by atoms with Gasteiger partial charge in [0, 0.05) is 18.0 Å². The van der Waals surface area contributed by atoms with Crippen LogP contribution in [0.4, 0.5) is 0 Å². The predicted molar refractivity (Wildman–Crippen MR) is 51.7 cm³/mol. The van der Waals surface area contributed by atoms with Gasteiger partial charge in [0.25, 0.3) is 0 Å². The first-order chi connectivity index (χ1) is 6.77. The van der Waals surface area contributed by atoms with Crippen LogP contribution >= 0.6 is 0 Å². The topological polar surface area (TPSA) is 72.3 Å².